The van der Waals surface area contributed by atoms with Gasteiger partial charge in [-0.1, -0.05) is 6.07 Å². The van der Waals surface area contributed by atoms with E-state index in [1.54, 1.807) is 0 Å². The maximum atomic E-state index is 12.9. The van der Waals surface area contributed by atoms with Gasteiger partial charge in [0.25, 0.3) is 5.91 Å². The van der Waals surface area contributed by atoms with E-state index in [2.05, 4.69) is 20.6 Å². The minimum atomic E-state index is -4.47. The van der Waals surface area contributed by atoms with Crippen LogP contribution in [-0.4, -0.2) is 42.1 Å². The Morgan fingerprint density at radius 3 is 2.37 bits per heavy atom. The molecule has 0 aliphatic heterocycles. The molecule has 1 amide bonds. The number of benzene rings is 1. The first kappa shape index (κ1) is 21.9. The van der Waals surface area contributed by atoms with Crippen molar-refractivity contribution in [2.24, 2.45) is 0 Å². The van der Waals surface area contributed by atoms with Gasteiger partial charge in [-0.2, -0.15) is 18.2 Å². The van der Waals surface area contributed by atoms with E-state index < -0.39 is 17.6 Å². The molecule has 0 spiro atoms. The SMILES string of the molecule is Cc1cc(N[C@H]2CC[C@@H](NC(=O)c3cccc(C(F)(F)F)c3)CC2)nc(N(C)C)n1. The highest BCUT2D eigenvalue weighted by Crippen LogP contribution is 2.29. The van der Waals surface area contributed by atoms with Gasteiger partial charge in [-0.3, -0.25) is 4.79 Å². The maximum absolute atomic E-state index is 12.9. The molecular weight excluding hydrogens is 395 g/mol. The molecule has 0 bridgehead atoms. The molecule has 9 heteroatoms. The van der Waals surface area contributed by atoms with E-state index in [4.69, 9.17) is 0 Å². The lowest BCUT2D eigenvalue weighted by Crippen LogP contribution is -2.40. The van der Waals surface area contributed by atoms with Crippen LogP contribution in [0.3, 0.4) is 0 Å². The predicted molar refractivity (Wildman–Crippen MR) is 110 cm³/mol. The second-order valence-electron chi connectivity index (χ2n) is 7.83. The highest BCUT2D eigenvalue weighted by molar-refractivity contribution is 5.94. The summed E-state index contributed by atoms with van der Waals surface area (Å²) in [7, 11) is 3.77. The molecule has 0 unspecified atom stereocenters. The first-order valence-electron chi connectivity index (χ1n) is 9.89. The van der Waals surface area contributed by atoms with E-state index in [-0.39, 0.29) is 17.6 Å². The third-order valence-electron chi connectivity index (χ3n) is 5.11. The van der Waals surface area contributed by atoms with E-state index in [0.717, 1.165) is 49.3 Å². The summed E-state index contributed by atoms with van der Waals surface area (Å²) in [6, 6.07) is 6.56. The minimum absolute atomic E-state index is 0.0257. The molecule has 1 saturated carbocycles. The average Bonchev–Trinajstić information content (AvgIpc) is 2.68. The van der Waals surface area contributed by atoms with Crippen LogP contribution in [-0.2, 0) is 6.18 Å². The third-order valence-corrected chi connectivity index (χ3v) is 5.11. The summed E-state index contributed by atoms with van der Waals surface area (Å²) in [4.78, 5) is 23.1. The second kappa shape index (κ2) is 8.89. The Bertz CT molecular complexity index is 892. The summed E-state index contributed by atoms with van der Waals surface area (Å²) in [6.07, 6.45) is -1.33. The summed E-state index contributed by atoms with van der Waals surface area (Å²) >= 11 is 0. The molecule has 2 N–H and O–H groups in total. The standard InChI is InChI=1S/C21H26F3N5O/c1-13-11-18(28-20(25-13)29(2)3)26-16-7-9-17(10-8-16)27-19(30)14-5-4-6-15(12-14)21(22,23)24/h4-6,11-12,16-17H,7-10H2,1-3H3,(H,27,30)(H,25,26,28)/t16-,17+. The Morgan fingerprint density at radius 1 is 1.07 bits per heavy atom. The number of nitrogens with one attached hydrogen (secondary N) is 2. The fourth-order valence-corrected chi connectivity index (χ4v) is 3.52. The number of nitrogens with zero attached hydrogens (tertiary/aromatic N) is 3. The van der Waals surface area contributed by atoms with Crippen molar-refractivity contribution in [1.82, 2.24) is 15.3 Å². The highest BCUT2D eigenvalue weighted by Gasteiger charge is 2.31. The van der Waals surface area contributed by atoms with Crippen molar-refractivity contribution in [2.45, 2.75) is 50.9 Å². The maximum Gasteiger partial charge on any atom is 0.416 e. The van der Waals surface area contributed by atoms with Crippen molar-refractivity contribution >= 4 is 17.7 Å². The molecular formula is C21H26F3N5O. The molecule has 1 aliphatic rings. The largest absolute Gasteiger partial charge is 0.416 e. The number of anilines is 2. The molecule has 3 rings (SSSR count). The smallest absolute Gasteiger partial charge is 0.367 e. The number of hydrogen-bond donors (Lipinski definition) is 2. The number of carbonyl (C=O) groups is 1. The zero-order chi connectivity index (χ0) is 21.9. The Balaban J connectivity index is 1.54. The highest BCUT2D eigenvalue weighted by atomic mass is 19.4. The number of alkyl halides is 3. The number of rotatable bonds is 5. The number of carbonyl (C=O) groups excluding carboxylic acids is 1. The van der Waals surface area contributed by atoms with E-state index in [1.165, 1.54) is 12.1 Å². The average molecular weight is 421 g/mol. The molecule has 6 nitrogen and oxygen atoms in total. The lowest BCUT2D eigenvalue weighted by molar-refractivity contribution is -0.137. The van der Waals surface area contributed by atoms with Crippen LogP contribution in [0.4, 0.5) is 24.9 Å². The fraction of sp³-hybridized carbons (Fsp3) is 0.476. The Hall–Kier alpha value is -2.84. The minimum Gasteiger partial charge on any atom is -0.367 e. The van der Waals surface area contributed by atoms with Crippen molar-refractivity contribution in [3.8, 4) is 0 Å². The van der Waals surface area contributed by atoms with Crippen molar-refractivity contribution in [3.05, 3.63) is 47.2 Å². The van der Waals surface area contributed by atoms with Crippen molar-refractivity contribution in [2.75, 3.05) is 24.3 Å². The van der Waals surface area contributed by atoms with Gasteiger partial charge in [0.05, 0.1) is 5.56 Å². The fourth-order valence-electron chi connectivity index (χ4n) is 3.52. The van der Waals surface area contributed by atoms with Gasteiger partial charge >= 0.3 is 6.18 Å². The van der Waals surface area contributed by atoms with Gasteiger partial charge in [0.2, 0.25) is 5.95 Å². The van der Waals surface area contributed by atoms with E-state index >= 15 is 0 Å². The molecule has 162 valence electrons. The summed E-state index contributed by atoms with van der Waals surface area (Å²) in [5.74, 6) is 0.932. The second-order valence-corrected chi connectivity index (χ2v) is 7.83. The monoisotopic (exact) mass is 421 g/mol. The van der Waals surface area contributed by atoms with Crippen LogP contribution in [0.2, 0.25) is 0 Å². The molecule has 30 heavy (non-hydrogen) atoms. The predicted octanol–water partition coefficient (Wildman–Crippen LogP) is 4.02. The Morgan fingerprint density at radius 2 is 1.73 bits per heavy atom. The number of aromatic nitrogens is 2. The normalized spacial score (nSPS) is 19.3. The van der Waals surface area contributed by atoms with E-state index in [0.29, 0.717) is 5.95 Å². The molecule has 2 aromatic rings. The number of halogens is 3. The number of hydrogen-bond acceptors (Lipinski definition) is 5. The Kier molecular flexibility index (Phi) is 6.48. The molecule has 0 saturated heterocycles. The zero-order valence-electron chi connectivity index (χ0n) is 17.3. The first-order chi connectivity index (χ1) is 14.1. The van der Waals surface area contributed by atoms with Crippen molar-refractivity contribution < 1.29 is 18.0 Å². The lowest BCUT2D eigenvalue weighted by Gasteiger charge is -2.30. The van der Waals surface area contributed by atoms with Gasteiger partial charge < -0.3 is 15.5 Å². The van der Waals surface area contributed by atoms with Crippen LogP contribution < -0.4 is 15.5 Å². The van der Waals surface area contributed by atoms with Gasteiger partial charge in [-0.05, 0) is 50.8 Å². The molecule has 0 radical (unpaired) electrons. The summed E-state index contributed by atoms with van der Waals surface area (Å²) < 4.78 is 38.6. The van der Waals surface area contributed by atoms with Crippen LogP contribution in [0.1, 0.15) is 47.3 Å². The van der Waals surface area contributed by atoms with Crippen molar-refractivity contribution in [1.29, 1.82) is 0 Å². The van der Waals surface area contributed by atoms with Crippen molar-refractivity contribution in [3.63, 3.8) is 0 Å². The van der Waals surface area contributed by atoms with Crippen LogP contribution >= 0.6 is 0 Å². The Labute approximate surface area is 173 Å². The first-order valence-corrected chi connectivity index (χ1v) is 9.89. The quantitative estimate of drug-likeness (QED) is 0.763. The van der Waals surface area contributed by atoms with E-state index in [1.807, 2.05) is 32.0 Å². The molecule has 1 aromatic heterocycles. The molecule has 1 heterocycles. The van der Waals surface area contributed by atoms with Gasteiger partial charge in [0, 0.05) is 43.5 Å². The van der Waals surface area contributed by atoms with Crippen LogP contribution in [0, 0.1) is 6.92 Å². The van der Waals surface area contributed by atoms with Crippen LogP contribution in [0.5, 0.6) is 0 Å². The molecule has 1 aromatic carbocycles. The summed E-state index contributed by atoms with van der Waals surface area (Å²) in [5.41, 5.74) is 0.0799. The van der Waals surface area contributed by atoms with Gasteiger partial charge in [-0.25, -0.2) is 4.98 Å². The zero-order valence-corrected chi connectivity index (χ0v) is 17.3. The van der Waals surface area contributed by atoms with Crippen LogP contribution in [0.15, 0.2) is 30.3 Å². The lowest BCUT2D eigenvalue weighted by atomic mass is 9.91. The van der Waals surface area contributed by atoms with E-state index in [9.17, 15) is 18.0 Å². The summed E-state index contributed by atoms with van der Waals surface area (Å²) in [5, 5.41) is 6.30. The topological polar surface area (TPSA) is 70.2 Å². The third kappa shape index (κ3) is 5.61. The van der Waals surface area contributed by atoms with Crippen LogP contribution in [0.25, 0.3) is 0 Å². The van der Waals surface area contributed by atoms with Gasteiger partial charge in [0.15, 0.2) is 0 Å². The van der Waals surface area contributed by atoms with Gasteiger partial charge in [0.1, 0.15) is 5.82 Å². The molecule has 1 aliphatic carbocycles. The van der Waals surface area contributed by atoms with Gasteiger partial charge in [-0.15, -0.1) is 0 Å². The summed E-state index contributed by atoms with van der Waals surface area (Å²) in [6.45, 7) is 1.92. The molecule has 0 atom stereocenters. The number of aryl methyl sites for hydroxylation is 1. The molecule has 1 fully saturated rings. The number of amides is 1.